The SMILES string of the molecule is NC(=O)N1C2=Cc3cnccc3C1C=C2. The van der Waals surface area contributed by atoms with Crippen molar-refractivity contribution in [3.63, 3.8) is 0 Å². The fourth-order valence-corrected chi connectivity index (χ4v) is 2.11. The van der Waals surface area contributed by atoms with Gasteiger partial charge in [-0.05, 0) is 23.8 Å². The minimum absolute atomic E-state index is 0.0551. The number of nitrogens with two attached hydrogens (primary N) is 1. The average Bonchev–Trinajstić information content (AvgIpc) is 2.55. The summed E-state index contributed by atoms with van der Waals surface area (Å²) in [5.74, 6) is 0. The minimum Gasteiger partial charge on any atom is -0.351 e. The van der Waals surface area contributed by atoms with Crippen LogP contribution in [0.1, 0.15) is 17.2 Å². The Balaban J connectivity index is 2.20. The Morgan fingerprint density at radius 2 is 2.40 bits per heavy atom. The maximum Gasteiger partial charge on any atom is 0.320 e. The molecule has 0 aromatic carbocycles. The summed E-state index contributed by atoms with van der Waals surface area (Å²) in [7, 11) is 0. The summed E-state index contributed by atoms with van der Waals surface area (Å²) in [4.78, 5) is 16.9. The van der Waals surface area contributed by atoms with Gasteiger partial charge in [-0.25, -0.2) is 4.79 Å². The zero-order valence-electron chi connectivity index (χ0n) is 7.92. The van der Waals surface area contributed by atoms with Crippen LogP contribution in [0, 0.1) is 0 Å². The van der Waals surface area contributed by atoms with Gasteiger partial charge in [0.1, 0.15) is 0 Å². The number of primary amides is 1. The van der Waals surface area contributed by atoms with Crippen LogP contribution in [0.15, 0.2) is 36.3 Å². The van der Waals surface area contributed by atoms with Gasteiger partial charge in [0, 0.05) is 23.7 Å². The lowest BCUT2D eigenvalue weighted by Crippen LogP contribution is -2.36. The monoisotopic (exact) mass is 199 g/mol. The third-order valence-electron chi connectivity index (χ3n) is 2.75. The number of hydrogen-bond acceptors (Lipinski definition) is 2. The molecule has 0 aliphatic carbocycles. The first-order valence-electron chi connectivity index (χ1n) is 4.70. The van der Waals surface area contributed by atoms with Crippen LogP contribution in [0.25, 0.3) is 6.08 Å². The van der Waals surface area contributed by atoms with Crippen molar-refractivity contribution >= 4 is 12.1 Å². The minimum atomic E-state index is -0.418. The maximum absolute atomic E-state index is 11.3. The first-order valence-corrected chi connectivity index (χ1v) is 4.70. The van der Waals surface area contributed by atoms with E-state index in [2.05, 4.69) is 4.98 Å². The number of carbonyl (C=O) groups excluding carboxylic acids is 1. The number of carbonyl (C=O) groups is 1. The Morgan fingerprint density at radius 1 is 1.53 bits per heavy atom. The van der Waals surface area contributed by atoms with Gasteiger partial charge in [-0.15, -0.1) is 0 Å². The molecule has 4 heteroatoms. The highest BCUT2D eigenvalue weighted by molar-refractivity contribution is 5.81. The molecule has 2 bridgehead atoms. The molecule has 74 valence electrons. The van der Waals surface area contributed by atoms with Crippen molar-refractivity contribution in [2.75, 3.05) is 0 Å². The normalized spacial score (nSPS) is 21.2. The van der Waals surface area contributed by atoms with Crippen LogP contribution in [0.2, 0.25) is 0 Å². The van der Waals surface area contributed by atoms with Crippen molar-refractivity contribution in [1.82, 2.24) is 9.88 Å². The Hall–Kier alpha value is -2.10. The number of nitrogens with zero attached hydrogens (tertiary/aromatic N) is 2. The lowest BCUT2D eigenvalue weighted by Gasteiger charge is -2.28. The van der Waals surface area contributed by atoms with Gasteiger partial charge in [-0.3, -0.25) is 9.88 Å². The van der Waals surface area contributed by atoms with E-state index in [1.807, 2.05) is 24.3 Å². The molecule has 0 radical (unpaired) electrons. The number of rotatable bonds is 0. The molecular weight excluding hydrogens is 190 g/mol. The Labute approximate surface area is 86.7 Å². The number of hydrogen-bond donors (Lipinski definition) is 1. The van der Waals surface area contributed by atoms with E-state index in [4.69, 9.17) is 5.73 Å². The van der Waals surface area contributed by atoms with Crippen molar-refractivity contribution in [1.29, 1.82) is 0 Å². The van der Waals surface area contributed by atoms with Crippen LogP contribution in [0.5, 0.6) is 0 Å². The van der Waals surface area contributed by atoms with Gasteiger partial charge < -0.3 is 5.73 Å². The van der Waals surface area contributed by atoms with E-state index in [0.717, 1.165) is 16.8 Å². The zero-order valence-corrected chi connectivity index (χ0v) is 7.92. The summed E-state index contributed by atoms with van der Waals surface area (Å²) in [6.45, 7) is 0. The van der Waals surface area contributed by atoms with Crippen molar-refractivity contribution in [2.45, 2.75) is 6.04 Å². The van der Waals surface area contributed by atoms with Crippen LogP contribution in [0.4, 0.5) is 4.79 Å². The second kappa shape index (κ2) is 2.70. The molecule has 15 heavy (non-hydrogen) atoms. The molecule has 3 heterocycles. The molecule has 1 aromatic rings. The highest BCUT2D eigenvalue weighted by atomic mass is 16.2. The molecule has 0 fully saturated rings. The lowest BCUT2D eigenvalue weighted by molar-refractivity contribution is 0.216. The Bertz CT molecular complexity index is 504. The second-order valence-electron chi connectivity index (χ2n) is 3.59. The van der Waals surface area contributed by atoms with Gasteiger partial charge in [0.25, 0.3) is 0 Å². The van der Waals surface area contributed by atoms with Gasteiger partial charge in [0.2, 0.25) is 0 Å². The smallest absolute Gasteiger partial charge is 0.320 e. The molecule has 2 N–H and O–H groups in total. The van der Waals surface area contributed by atoms with Crippen LogP contribution >= 0.6 is 0 Å². The summed E-state index contributed by atoms with van der Waals surface area (Å²) in [5.41, 5.74) is 8.30. The maximum atomic E-state index is 11.3. The van der Waals surface area contributed by atoms with Gasteiger partial charge in [-0.2, -0.15) is 0 Å². The molecule has 0 saturated carbocycles. The van der Waals surface area contributed by atoms with Gasteiger partial charge in [-0.1, -0.05) is 6.08 Å². The van der Waals surface area contributed by atoms with E-state index >= 15 is 0 Å². The van der Waals surface area contributed by atoms with Crippen LogP contribution in [-0.2, 0) is 0 Å². The fourth-order valence-electron chi connectivity index (χ4n) is 2.11. The molecule has 2 amide bonds. The first kappa shape index (κ1) is 8.23. The van der Waals surface area contributed by atoms with Crippen molar-refractivity contribution in [2.24, 2.45) is 5.73 Å². The van der Waals surface area contributed by atoms with Crippen molar-refractivity contribution in [3.05, 3.63) is 47.4 Å². The predicted octanol–water partition coefficient (Wildman–Crippen LogP) is 1.43. The van der Waals surface area contributed by atoms with E-state index in [1.165, 1.54) is 0 Å². The molecular formula is C11H9N3O. The number of allylic oxidation sites excluding steroid dienone is 1. The standard InChI is InChI=1S/C11H9N3O/c12-11(15)14-8-1-2-10(14)9-3-4-13-6-7(9)5-8/h1-6,10H,(H2,12,15). The van der Waals surface area contributed by atoms with Gasteiger partial charge in [0.15, 0.2) is 0 Å². The number of fused-ring (bicyclic) bond motifs is 4. The molecule has 0 spiro atoms. The van der Waals surface area contributed by atoms with Crippen molar-refractivity contribution < 1.29 is 4.79 Å². The first-order chi connectivity index (χ1) is 7.27. The fraction of sp³-hybridized carbons (Fsp3) is 0.0909. The molecule has 0 saturated heterocycles. The summed E-state index contributed by atoms with van der Waals surface area (Å²) in [5, 5.41) is 0. The van der Waals surface area contributed by atoms with E-state index in [0.29, 0.717) is 0 Å². The molecule has 4 nitrogen and oxygen atoms in total. The topological polar surface area (TPSA) is 59.2 Å². The molecule has 1 aromatic heterocycles. The summed E-state index contributed by atoms with van der Waals surface area (Å²) in [6.07, 6.45) is 9.33. The zero-order chi connectivity index (χ0) is 10.4. The summed E-state index contributed by atoms with van der Waals surface area (Å²) < 4.78 is 0. The van der Waals surface area contributed by atoms with Gasteiger partial charge >= 0.3 is 6.03 Å². The predicted molar refractivity (Wildman–Crippen MR) is 55.5 cm³/mol. The number of amides is 2. The average molecular weight is 199 g/mol. The number of urea groups is 1. The van der Waals surface area contributed by atoms with Crippen LogP contribution in [-0.4, -0.2) is 15.9 Å². The lowest BCUT2D eigenvalue weighted by atomic mass is 10.00. The van der Waals surface area contributed by atoms with E-state index < -0.39 is 6.03 Å². The molecule has 2 aliphatic rings. The molecule has 3 rings (SSSR count). The third-order valence-corrected chi connectivity index (χ3v) is 2.75. The largest absolute Gasteiger partial charge is 0.351 e. The van der Waals surface area contributed by atoms with Crippen molar-refractivity contribution in [3.8, 4) is 0 Å². The quantitative estimate of drug-likeness (QED) is 0.687. The highest BCUT2D eigenvalue weighted by Crippen LogP contribution is 2.39. The van der Waals surface area contributed by atoms with E-state index in [9.17, 15) is 4.79 Å². The second-order valence-corrected chi connectivity index (χ2v) is 3.59. The number of pyridine rings is 1. The third kappa shape index (κ3) is 1.01. The summed E-state index contributed by atoms with van der Waals surface area (Å²) >= 11 is 0. The molecule has 1 unspecified atom stereocenters. The van der Waals surface area contributed by atoms with Crippen LogP contribution < -0.4 is 5.73 Å². The number of aromatic nitrogens is 1. The van der Waals surface area contributed by atoms with E-state index in [1.54, 1.807) is 17.3 Å². The Morgan fingerprint density at radius 3 is 3.20 bits per heavy atom. The van der Waals surface area contributed by atoms with Gasteiger partial charge in [0.05, 0.1) is 6.04 Å². The van der Waals surface area contributed by atoms with E-state index in [-0.39, 0.29) is 6.04 Å². The van der Waals surface area contributed by atoms with Crippen LogP contribution in [0.3, 0.4) is 0 Å². The Kier molecular flexibility index (Phi) is 1.48. The highest BCUT2D eigenvalue weighted by Gasteiger charge is 2.32. The summed E-state index contributed by atoms with van der Waals surface area (Å²) in [6, 6.07) is 1.44. The molecule has 1 atom stereocenters. The molecule has 2 aliphatic heterocycles.